The monoisotopic (exact) mass is 276 g/mol. The normalized spacial score (nSPS) is 19.5. The molecule has 1 aliphatic heterocycles. The summed E-state index contributed by atoms with van der Waals surface area (Å²) in [4.78, 5) is 13.6. The standard InChI is InChI=1S/C16H24N2O2/c1-3-17-14(16(19)20)10-11-18-12(2)8-9-13-6-4-5-7-15(13)18/h4-7,12,14,17H,3,8-11H2,1-2H3,(H,19,20). The van der Waals surface area contributed by atoms with Crippen LogP contribution >= 0.6 is 0 Å². The molecule has 2 atom stereocenters. The van der Waals surface area contributed by atoms with Crippen molar-refractivity contribution in [1.29, 1.82) is 0 Å². The summed E-state index contributed by atoms with van der Waals surface area (Å²) in [5.41, 5.74) is 2.65. The highest BCUT2D eigenvalue weighted by Gasteiger charge is 2.24. The molecule has 2 unspecified atom stereocenters. The fourth-order valence-electron chi connectivity index (χ4n) is 2.93. The maximum absolute atomic E-state index is 11.2. The van der Waals surface area contributed by atoms with Gasteiger partial charge in [0.2, 0.25) is 0 Å². The Balaban J connectivity index is 2.06. The first-order valence-electron chi connectivity index (χ1n) is 7.44. The van der Waals surface area contributed by atoms with E-state index in [0.717, 1.165) is 19.4 Å². The molecule has 1 aliphatic rings. The number of rotatable bonds is 6. The van der Waals surface area contributed by atoms with Crippen LogP contribution in [-0.4, -0.2) is 36.2 Å². The van der Waals surface area contributed by atoms with Crippen molar-refractivity contribution in [3.8, 4) is 0 Å². The Labute approximate surface area is 120 Å². The van der Waals surface area contributed by atoms with Crippen molar-refractivity contribution >= 4 is 11.7 Å². The molecule has 0 fully saturated rings. The molecule has 0 saturated carbocycles. The quantitative estimate of drug-likeness (QED) is 0.837. The average Bonchev–Trinajstić information content (AvgIpc) is 2.44. The third kappa shape index (κ3) is 3.31. The van der Waals surface area contributed by atoms with Crippen LogP contribution in [0.25, 0.3) is 0 Å². The molecule has 0 amide bonds. The molecule has 0 aliphatic carbocycles. The van der Waals surface area contributed by atoms with Gasteiger partial charge in [-0.1, -0.05) is 25.1 Å². The van der Waals surface area contributed by atoms with Crippen LogP contribution in [0, 0.1) is 0 Å². The molecular formula is C16H24N2O2. The number of nitrogens with one attached hydrogen (secondary N) is 1. The van der Waals surface area contributed by atoms with Crippen LogP contribution in [0.2, 0.25) is 0 Å². The molecule has 110 valence electrons. The van der Waals surface area contributed by atoms with Crippen LogP contribution in [-0.2, 0) is 11.2 Å². The number of carboxylic acid groups (broad SMARTS) is 1. The molecule has 0 spiro atoms. The first-order chi connectivity index (χ1) is 9.63. The van der Waals surface area contributed by atoms with Gasteiger partial charge < -0.3 is 15.3 Å². The minimum atomic E-state index is -0.759. The van der Waals surface area contributed by atoms with Crippen LogP contribution in [0.15, 0.2) is 24.3 Å². The van der Waals surface area contributed by atoms with Crippen molar-refractivity contribution < 1.29 is 9.90 Å². The predicted octanol–water partition coefficient (Wildman–Crippen LogP) is 2.28. The number of benzene rings is 1. The molecule has 0 radical (unpaired) electrons. The van der Waals surface area contributed by atoms with Crippen LogP contribution in [0.4, 0.5) is 5.69 Å². The number of carbonyl (C=O) groups is 1. The third-order valence-corrected chi connectivity index (χ3v) is 4.07. The van der Waals surface area contributed by atoms with E-state index in [1.54, 1.807) is 0 Å². The fraction of sp³-hybridized carbons (Fsp3) is 0.562. The molecule has 0 saturated heterocycles. The topological polar surface area (TPSA) is 52.6 Å². The lowest BCUT2D eigenvalue weighted by Gasteiger charge is -2.37. The van der Waals surface area contributed by atoms with E-state index in [9.17, 15) is 9.90 Å². The fourth-order valence-corrected chi connectivity index (χ4v) is 2.93. The van der Waals surface area contributed by atoms with Gasteiger partial charge in [0.05, 0.1) is 0 Å². The number of carboxylic acids is 1. The van der Waals surface area contributed by atoms with Gasteiger partial charge >= 0.3 is 5.97 Å². The Hall–Kier alpha value is -1.55. The zero-order valence-electron chi connectivity index (χ0n) is 12.3. The zero-order chi connectivity index (χ0) is 14.5. The Morgan fingerprint density at radius 1 is 1.50 bits per heavy atom. The Morgan fingerprint density at radius 2 is 2.25 bits per heavy atom. The molecule has 0 bridgehead atoms. The highest BCUT2D eigenvalue weighted by Crippen LogP contribution is 2.30. The van der Waals surface area contributed by atoms with Crippen molar-refractivity contribution in [2.45, 2.75) is 45.2 Å². The minimum Gasteiger partial charge on any atom is -0.480 e. The van der Waals surface area contributed by atoms with Crippen LogP contribution < -0.4 is 10.2 Å². The second kappa shape index (κ2) is 6.75. The van der Waals surface area contributed by atoms with E-state index < -0.39 is 12.0 Å². The third-order valence-electron chi connectivity index (χ3n) is 4.07. The number of anilines is 1. The van der Waals surface area contributed by atoms with Gasteiger partial charge in [-0.3, -0.25) is 4.79 Å². The molecule has 1 aromatic rings. The van der Waals surface area contributed by atoms with Gasteiger partial charge in [0.15, 0.2) is 0 Å². The van der Waals surface area contributed by atoms with Crippen LogP contribution in [0.5, 0.6) is 0 Å². The van der Waals surface area contributed by atoms with Gasteiger partial charge in [-0.25, -0.2) is 0 Å². The van der Waals surface area contributed by atoms with E-state index in [1.165, 1.54) is 11.3 Å². The highest BCUT2D eigenvalue weighted by atomic mass is 16.4. The maximum Gasteiger partial charge on any atom is 0.320 e. The molecule has 20 heavy (non-hydrogen) atoms. The number of nitrogens with zero attached hydrogens (tertiary/aromatic N) is 1. The van der Waals surface area contributed by atoms with Gasteiger partial charge in [0.1, 0.15) is 6.04 Å². The second-order valence-corrected chi connectivity index (χ2v) is 5.45. The highest BCUT2D eigenvalue weighted by molar-refractivity contribution is 5.73. The van der Waals surface area contributed by atoms with Gasteiger partial charge in [-0.05, 0) is 44.4 Å². The van der Waals surface area contributed by atoms with E-state index in [0.29, 0.717) is 19.0 Å². The number of hydrogen-bond donors (Lipinski definition) is 2. The SMILES string of the molecule is CCNC(CCN1c2ccccc2CCC1C)C(=O)O. The lowest BCUT2D eigenvalue weighted by Crippen LogP contribution is -2.43. The largest absolute Gasteiger partial charge is 0.480 e. The van der Waals surface area contributed by atoms with E-state index in [1.807, 2.05) is 6.92 Å². The van der Waals surface area contributed by atoms with Gasteiger partial charge in [0.25, 0.3) is 0 Å². The molecule has 0 aromatic heterocycles. The summed E-state index contributed by atoms with van der Waals surface area (Å²) in [5, 5.41) is 12.2. The summed E-state index contributed by atoms with van der Waals surface area (Å²) in [5.74, 6) is -0.759. The maximum atomic E-state index is 11.2. The summed E-state index contributed by atoms with van der Waals surface area (Å²) >= 11 is 0. The first kappa shape index (κ1) is 14.9. The molecule has 4 heteroatoms. The van der Waals surface area contributed by atoms with Crippen molar-refractivity contribution in [3.05, 3.63) is 29.8 Å². The lowest BCUT2D eigenvalue weighted by molar-refractivity contribution is -0.139. The molecule has 1 aromatic carbocycles. The zero-order valence-corrected chi connectivity index (χ0v) is 12.3. The van der Waals surface area contributed by atoms with Crippen LogP contribution in [0.1, 0.15) is 32.3 Å². The Morgan fingerprint density at radius 3 is 2.95 bits per heavy atom. The lowest BCUT2D eigenvalue weighted by atomic mass is 9.96. The number of para-hydroxylation sites is 1. The predicted molar refractivity (Wildman–Crippen MR) is 81.3 cm³/mol. The summed E-state index contributed by atoms with van der Waals surface area (Å²) in [6.07, 6.45) is 2.88. The van der Waals surface area contributed by atoms with E-state index in [-0.39, 0.29) is 0 Å². The van der Waals surface area contributed by atoms with Gasteiger partial charge in [0, 0.05) is 18.3 Å². The molecule has 2 N–H and O–H groups in total. The van der Waals surface area contributed by atoms with E-state index >= 15 is 0 Å². The molecular weight excluding hydrogens is 252 g/mol. The van der Waals surface area contributed by atoms with Gasteiger partial charge in [-0.15, -0.1) is 0 Å². The molecule has 1 heterocycles. The van der Waals surface area contributed by atoms with Gasteiger partial charge in [-0.2, -0.15) is 0 Å². The van der Waals surface area contributed by atoms with Crippen LogP contribution in [0.3, 0.4) is 0 Å². The minimum absolute atomic E-state index is 0.457. The Kier molecular flexibility index (Phi) is 5.01. The van der Waals surface area contributed by atoms with Crippen molar-refractivity contribution in [2.75, 3.05) is 18.0 Å². The molecule has 4 nitrogen and oxygen atoms in total. The average molecular weight is 276 g/mol. The second-order valence-electron chi connectivity index (χ2n) is 5.45. The summed E-state index contributed by atoms with van der Waals surface area (Å²) in [6.45, 7) is 5.62. The number of aliphatic carboxylic acids is 1. The summed E-state index contributed by atoms with van der Waals surface area (Å²) in [6, 6.07) is 8.47. The smallest absolute Gasteiger partial charge is 0.320 e. The molecule has 2 rings (SSSR count). The Bertz CT molecular complexity index is 462. The number of likely N-dealkylation sites (N-methyl/N-ethyl adjacent to an activating group) is 1. The number of aryl methyl sites for hydroxylation is 1. The van der Waals surface area contributed by atoms with E-state index in [2.05, 4.69) is 41.4 Å². The summed E-state index contributed by atoms with van der Waals surface area (Å²) < 4.78 is 0. The first-order valence-corrected chi connectivity index (χ1v) is 7.44. The van der Waals surface area contributed by atoms with Crippen molar-refractivity contribution in [2.24, 2.45) is 0 Å². The van der Waals surface area contributed by atoms with Crippen molar-refractivity contribution in [3.63, 3.8) is 0 Å². The van der Waals surface area contributed by atoms with Crippen molar-refractivity contribution in [1.82, 2.24) is 5.32 Å². The van der Waals surface area contributed by atoms with E-state index in [4.69, 9.17) is 0 Å². The summed E-state index contributed by atoms with van der Waals surface area (Å²) in [7, 11) is 0. The number of hydrogen-bond acceptors (Lipinski definition) is 3. The number of fused-ring (bicyclic) bond motifs is 1.